The van der Waals surface area contributed by atoms with Crippen molar-refractivity contribution in [2.24, 2.45) is 11.7 Å². The first-order valence-electron chi connectivity index (χ1n) is 5.29. The molecule has 0 aliphatic rings. The van der Waals surface area contributed by atoms with Gasteiger partial charge < -0.3 is 5.73 Å². The molecule has 1 atom stereocenters. The van der Waals surface area contributed by atoms with E-state index in [1.54, 1.807) is 12.1 Å². The second kappa shape index (κ2) is 6.75. The van der Waals surface area contributed by atoms with Crippen molar-refractivity contribution in [2.45, 2.75) is 19.9 Å². The Morgan fingerprint density at radius 1 is 1.25 bits per heavy atom. The third-order valence-electron chi connectivity index (χ3n) is 2.11. The number of hydrogen-bond acceptors (Lipinski definition) is 2. The fraction of sp³-hybridized carbons (Fsp3) is 0.500. The first kappa shape index (κ1) is 14.2. The minimum Gasteiger partial charge on any atom is -0.323 e. The zero-order chi connectivity index (χ0) is 12.1. The number of hydrogen-bond donors (Lipinski definition) is 1. The van der Waals surface area contributed by atoms with E-state index < -0.39 is 0 Å². The molecular formula is C12H17Cl2NS. The fourth-order valence-electron chi connectivity index (χ4n) is 1.32. The van der Waals surface area contributed by atoms with E-state index in [0.717, 1.165) is 17.1 Å². The normalized spacial score (nSPS) is 13.1. The van der Waals surface area contributed by atoms with Gasteiger partial charge in [-0.25, -0.2) is 0 Å². The average Bonchev–Trinajstić information content (AvgIpc) is 2.21. The summed E-state index contributed by atoms with van der Waals surface area (Å²) in [5.74, 6) is 2.68. The monoisotopic (exact) mass is 277 g/mol. The minimum atomic E-state index is -0.0463. The van der Waals surface area contributed by atoms with Gasteiger partial charge in [0.2, 0.25) is 0 Å². The first-order valence-corrected chi connectivity index (χ1v) is 7.20. The largest absolute Gasteiger partial charge is 0.323 e. The van der Waals surface area contributed by atoms with E-state index in [9.17, 15) is 0 Å². The maximum absolute atomic E-state index is 6.09. The Kier molecular flexibility index (Phi) is 5.98. The lowest BCUT2D eigenvalue weighted by Crippen LogP contribution is -2.14. The molecule has 0 bridgehead atoms. The van der Waals surface area contributed by atoms with Crippen LogP contribution in [0.4, 0.5) is 0 Å². The van der Waals surface area contributed by atoms with E-state index >= 15 is 0 Å². The van der Waals surface area contributed by atoms with Gasteiger partial charge in [0, 0.05) is 21.8 Å². The number of nitrogens with two attached hydrogens (primary N) is 1. The predicted molar refractivity (Wildman–Crippen MR) is 75.6 cm³/mol. The lowest BCUT2D eigenvalue weighted by atomic mass is 10.1. The molecule has 0 saturated heterocycles. The topological polar surface area (TPSA) is 26.0 Å². The van der Waals surface area contributed by atoms with Crippen LogP contribution in [0, 0.1) is 5.92 Å². The molecule has 1 rings (SSSR count). The third-order valence-corrected chi connectivity index (χ3v) is 4.18. The highest BCUT2D eigenvalue weighted by molar-refractivity contribution is 7.99. The van der Waals surface area contributed by atoms with Crippen molar-refractivity contribution >= 4 is 35.0 Å². The van der Waals surface area contributed by atoms with E-state index in [2.05, 4.69) is 13.8 Å². The lowest BCUT2D eigenvalue weighted by Gasteiger charge is -2.14. The molecule has 0 fully saturated rings. The SMILES string of the molecule is CC(C)CSCC(N)c1cc(Cl)ccc1Cl. The first-order chi connectivity index (χ1) is 7.50. The fourth-order valence-corrected chi connectivity index (χ4v) is 2.80. The average molecular weight is 278 g/mol. The van der Waals surface area contributed by atoms with Crippen molar-refractivity contribution in [2.75, 3.05) is 11.5 Å². The molecule has 0 saturated carbocycles. The number of rotatable bonds is 5. The molecule has 1 aromatic rings. The molecule has 0 radical (unpaired) electrons. The molecule has 0 spiro atoms. The molecule has 1 nitrogen and oxygen atoms in total. The van der Waals surface area contributed by atoms with Crippen LogP contribution in [0.5, 0.6) is 0 Å². The lowest BCUT2D eigenvalue weighted by molar-refractivity contribution is 0.746. The van der Waals surface area contributed by atoms with Crippen molar-refractivity contribution in [3.05, 3.63) is 33.8 Å². The molecule has 0 aliphatic heterocycles. The van der Waals surface area contributed by atoms with Crippen molar-refractivity contribution in [1.82, 2.24) is 0 Å². The molecule has 0 aromatic heterocycles. The summed E-state index contributed by atoms with van der Waals surface area (Å²) in [6.45, 7) is 4.40. The molecule has 90 valence electrons. The standard InChI is InChI=1S/C12H17Cl2NS/c1-8(2)6-16-7-12(15)10-5-9(13)3-4-11(10)14/h3-5,8,12H,6-7,15H2,1-2H3. The van der Waals surface area contributed by atoms with Crippen LogP contribution in [0.2, 0.25) is 10.0 Å². The van der Waals surface area contributed by atoms with Crippen LogP contribution < -0.4 is 5.73 Å². The van der Waals surface area contributed by atoms with Gasteiger partial charge in [0.05, 0.1) is 0 Å². The molecule has 16 heavy (non-hydrogen) atoms. The Morgan fingerprint density at radius 3 is 2.56 bits per heavy atom. The van der Waals surface area contributed by atoms with Crippen LogP contribution in [0.25, 0.3) is 0 Å². The predicted octanol–water partition coefficient (Wildman–Crippen LogP) is 4.38. The maximum atomic E-state index is 6.09. The van der Waals surface area contributed by atoms with Crippen LogP contribution in [-0.2, 0) is 0 Å². The second-order valence-corrected chi connectivity index (χ2v) is 6.12. The molecular weight excluding hydrogens is 261 g/mol. The molecule has 1 unspecified atom stereocenters. The van der Waals surface area contributed by atoms with Gasteiger partial charge in [0.1, 0.15) is 0 Å². The molecule has 2 N–H and O–H groups in total. The van der Waals surface area contributed by atoms with Crippen LogP contribution >= 0.6 is 35.0 Å². The summed E-state index contributed by atoms with van der Waals surface area (Å²) in [6, 6.07) is 5.38. The molecule has 0 amide bonds. The summed E-state index contributed by atoms with van der Waals surface area (Å²) in [4.78, 5) is 0. The Balaban J connectivity index is 2.58. The smallest absolute Gasteiger partial charge is 0.0455 e. The van der Waals surface area contributed by atoms with Crippen LogP contribution in [0.15, 0.2) is 18.2 Å². The third kappa shape index (κ3) is 4.54. The second-order valence-electron chi connectivity index (χ2n) is 4.20. The summed E-state index contributed by atoms with van der Waals surface area (Å²) in [7, 11) is 0. The van der Waals surface area contributed by atoms with Crippen molar-refractivity contribution in [3.63, 3.8) is 0 Å². The molecule has 0 heterocycles. The number of benzene rings is 1. The van der Waals surface area contributed by atoms with E-state index in [1.165, 1.54) is 0 Å². The minimum absolute atomic E-state index is 0.0463. The molecule has 1 aromatic carbocycles. The summed E-state index contributed by atoms with van der Waals surface area (Å²) in [6.07, 6.45) is 0. The molecule has 0 aliphatic carbocycles. The Hall–Kier alpha value is 0.110. The van der Waals surface area contributed by atoms with Crippen molar-refractivity contribution in [3.8, 4) is 0 Å². The van der Waals surface area contributed by atoms with Crippen LogP contribution in [0.3, 0.4) is 0 Å². The summed E-state index contributed by atoms with van der Waals surface area (Å²) >= 11 is 13.9. The highest BCUT2D eigenvalue weighted by Gasteiger charge is 2.11. The van der Waals surface area contributed by atoms with Gasteiger partial charge in [-0.15, -0.1) is 0 Å². The van der Waals surface area contributed by atoms with E-state index in [0.29, 0.717) is 16.0 Å². The zero-order valence-corrected chi connectivity index (χ0v) is 11.9. The maximum Gasteiger partial charge on any atom is 0.0455 e. The van der Waals surface area contributed by atoms with Gasteiger partial charge in [-0.05, 0) is 35.4 Å². The van der Waals surface area contributed by atoms with Gasteiger partial charge >= 0.3 is 0 Å². The molecule has 4 heteroatoms. The van der Waals surface area contributed by atoms with Crippen LogP contribution in [0.1, 0.15) is 25.5 Å². The van der Waals surface area contributed by atoms with Crippen LogP contribution in [-0.4, -0.2) is 11.5 Å². The van der Waals surface area contributed by atoms with E-state index in [-0.39, 0.29) is 6.04 Å². The van der Waals surface area contributed by atoms with Crippen molar-refractivity contribution < 1.29 is 0 Å². The summed E-state index contributed by atoms with van der Waals surface area (Å²) < 4.78 is 0. The van der Waals surface area contributed by atoms with Gasteiger partial charge in [0.25, 0.3) is 0 Å². The number of thioether (sulfide) groups is 1. The summed E-state index contributed by atoms with van der Waals surface area (Å²) in [5.41, 5.74) is 7.02. The van der Waals surface area contributed by atoms with Gasteiger partial charge in [-0.1, -0.05) is 37.0 Å². The Morgan fingerprint density at radius 2 is 1.94 bits per heavy atom. The highest BCUT2D eigenvalue weighted by atomic mass is 35.5. The summed E-state index contributed by atoms with van der Waals surface area (Å²) in [5, 5.41) is 1.38. The number of halogens is 2. The van der Waals surface area contributed by atoms with Crippen molar-refractivity contribution in [1.29, 1.82) is 0 Å². The van der Waals surface area contributed by atoms with E-state index in [4.69, 9.17) is 28.9 Å². The van der Waals surface area contributed by atoms with E-state index in [1.807, 2.05) is 17.8 Å². The van der Waals surface area contributed by atoms with Gasteiger partial charge in [0.15, 0.2) is 0 Å². The quantitative estimate of drug-likeness (QED) is 0.864. The zero-order valence-electron chi connectivity index (χ0n) is 9.54. The van der Waals surface area contributed by atoms with Gasteiger partial charge in [-0.2, -0.15) is 11.8 Å². The Labute approximate surface area is 112 Å². The Bertz CT molecular complexity index is 342. The van der Waals surface area contributed by atoms with Gasteiger partial charge in [-0.3, -0.25) is 0 Å². The highest BCUT2D eigenvalue weighted by Crippen LogP contribution is 2.27.